The van der Waals surface area contributed by atoms with Crippen molar-refractivity contribution in [2.75, 3.05) is 12.4 Å². The molecule has 0 bridgehead atoms. The standard InChI is InChI=1S/C15H22BrNO/c1-3-11-6-4-5-7-13(11)17-14-10-12(16)8-9-15(14)18-2/h8-11,13,17H,3-7H2,1-2H3. The first-order valence-electron chi connectivity index (χ1n) is 6.84. The minimum absolute atomic E-state index is 0.590. The van der Waals surface area contributed by atoms with Crippen molar-refractivity contribution in [1.29, 1.82) is 0 Å². The van der Waals surface area contributed by atoms with E-state index in [1.807, 2.05) is 12.1 Å². The van der Waals surface area contributed by atoms with Gasteiger partial charge in [0.15, 0.2) is 0 Å². The van der Waals surface area contributed by atoms with Crippen molar-refractivity contribution in [3.05, 3.63) is 22.7 Å². The summed E-state index contributed by atoms with van der Waals surface area (Å²) in [6.45, 7) is 2.29. The number of ether oxygens (including phenoxy) is 1. The van der Waals surface area contributed by atoms with E-state index in [-0.39, 0.29) is 0 Å². The number of benzene rings is 1. The Bertz CT molecular complexity index is 394. The summed E-state index contributed by atoms with van der Waals surface area (Å²) in [6.07, 6.45) is 6.60. The van der Waals surface area contributed by atoms with E-state index in [2.05, 4.69) is 34.2 Å². The Kier molecular flexibility index (Phi) is 4.93. The summed E-state index contributed by atoms with van der Waals surface area (Å²) in [4.78, 5) is 0. The summed E-state index contributed by atoms with van der Waals surface area (Å²) in [7, 11) is 1.73. The number of hydrogen-bond acceptors (Lipinski definition) is 2. The highest BCUT2D eigenvalue weighted by atomic mass is 79.9. The molecule has 3 heteroatoms. The van der Waals surface area contributed by atoms with Crippen molar-refractivity contribution in [3.63, 3.8) is 0 Å². The molecule has 1 aliphatic carbocycles. The van der Waals surface area contributed by atoms with Crippen LogP contribution in [0.5, 0.6) is 5.75 Å². The van der Waals surface area contributed by atoms with Gasteiger partial charge in [0, 0.05) is 10.5 Å². The van der Waals surface area contributed by atoms with Gasteiger partial charge in [-0.3, -0.25) is 0 Å². The van der Waals surface area contributed by atoms with Crippen molar-refractivity contribution >= 4 is 21.6 Å². The highest BCUT2D eigenvalue weighted by molar-refractivity contribution is 9.10. The maximum absolute atomic E-state index is 5.43. The van der Waals surface area contributed by atoms with Gasteiger partial charge in [0.05, 0.1) is 12.8 Å². The maximum Gasteiger partial charge on any atom is 0.142 e. The number of hydrogen-bond donors (Lipinski definition) is 1. The summed E-state index contributed by atoms with van der Waals surface area (Å²) in [5.41, 5.74) is 1.11. The molecule has 1 saturated carbocycles. The summed E-state index contributed by atoms with van der Waals surface area (Å²) < 4.78 is 6.52. The summed E-state index contributed by atoms with van der Waals surface area (Å²) >= 11 is 3.53. The molecule has 0 spiro atoms. The van der Waals surface area contributed by atoms with E-state index in [9.17, 15) is 0 Å². The molecule has 0 aliphatic heterocycles. The van der Waals surface area contributed by atoms with E-state index in [0.29, 0.717) is 6.04 Å². The molecule has 0 aromatic heterocycles. The molecular weight excluding hydrogens is 290 g/mol. The minimum Gasteiger partial charge on any atom is -0.495 e. The lowest BCUT2D eigenvalue weighted by Gasteiger charge is -2.32. The quantitative estimate of drug-likeness (QED) is 0.859. The summed E-state index contributed by atoms with van der Waals surface area (Å²) in [6, 6.07) is 6.73. The van der Waals surface area contributed by atoms with Crippen LogP contribution in [-0.4, -0.2) is 13.2 Å². The Morgan fingerprint density at radius 2 is 2.11 bits per heavy atom. The second kappa shape index (κ2) is 6.46. The molecular formula is C15H22BrNO. The van der Waals surface area contributed by atoms with Gasteiger partial charge in [-0.2, -0.15) is 0 Å². The van der Waals surface area contributed by atoms with Crippen LogP contribution in [0.4, 0.5) is 5.69 Å². The fraction of sp³-hybridized carbons (Fsp3) is 0.600. The first-order chi connectivity index (χ1) is 8.74. The Labute approximate surface area is 118 Å². The third-order valence-electron chi connectivity index (χ3n) is 3.94. The van der Waals surface area contributed by atoms with Gasteiger partial charge in [0.2, 0.25) is 0 Å². The highest BCUT2D eigenvalue weighted by Crippen LogP contribution is 2.34. The molecule has 18 heavy (non-hydrogen) atoms. The van der Waals surface area contributed by atoms with Crippen molar-refractivity contribution in [3.8, 4) is 5.75 Å². The molecule has 1 fully saturated rings. The predicted octanol–water partition coefficient (Wildman–Crippen LogP) is 4.84. The lowest BCUT2D eigenvalue weighted by molar-refractivity contribution is 0.316. The van der Waals surface area contributed by atoms with Gasteiger partial charge >= 0.3 is 0 Å². The highest BCUT2D eigenvalue weighted by Gasteiger charge is 2.24. The van der Waals surface area contributed by atoms with E-state index in [0.717, 1.165) is 21.8 Å². The van der Waals surface area contributed by atoms with Crippen LogP contribution >= 0.6 is 15.9 Å². The molecule has 2 atom stereocenters. The number of methoxy groups -OCH3 is 1. The average molecular weight is 312 g/mol. The van der Waals surface area contributed by atoms with Crippen molar-refractivity contribution in [1.82, 2.24) is 0 Å². The maximum atomic E-state index is 5.43. The lowest BCUT2D eigenvalue weighted by atomic mass is 9.83. The van der Waals surface area contributed by atoms with Crippen molar-refractivity contribution in [2.24, 2.45) is 5.92 Å². The molecule has 0 heterocycles. The van der Waals surface area contributed by atoms with Gasteiger partial charge in [0.25, 0.3) is 0 Å². The Balaban J connectivity index is 2.14. The van der Waals surface area contributed by atoms with E-state index in [4.69, 9.17) is 4.74 Å². The zero-order chi connectivity index (χ0) is 13.0. The summed E-state index contributed by atoms with van der Waals surface area (Å²) in [5, 5.41) is 3.69. The third-order valence-corrected chi connectivity index (χ3v) is 4.43. The normalized spacial score (nSPS) is 23.7. The van der Waals surface area contributed by atoms with E-state index < -0.39 is 0 Å². The van der Waals surface area contributed by atoms with Gasteiger partial charge in [-0.15, -0.1) is 0 Å². The molecule has 0 radical (unpaired) electrons. The molecule has 100 valence electrons. The van der Waals surface area contributed by atoms with E-state index >= 15 is 0 Å². The molecule has 1 aromatic carbocycles. The number of halogens is 1. The largest absolute Gasteiger partial charge is 0.495 e. The average Bonchev–Trinajstić information content (AvgIpc) is 2.40. The molecule has 1 aliphatic rings. The molecule has 2 rings (SSSR count). The third kappa shape index (κ3) is 3.19. The van der Waals surface area contributed by atoms with Crippen LogP contribution < -0.4 is 10.1 Å². The monoisotopic (exact) mass is 311 g/mol. The molecule has 0 amide bonds. The molecule has 1 N–H and O–H groups in total. The van der Waals surface area contributed by atoms with Crippen LogP contribution in [0.25, 0.3) is 0 Å². The van der Waals surface area contributed by atoms with Crippen LogP contribution in [0.15, 0.2) is 22.7 Å². The van der Waals surface area contributed by atoms with Crippen LogP contribution in [-0.2, 0) is 0 Å². The van der Waals surface area contributed by atoms with Crippen molar-refractivity contribution < 1.29 is 4.74 Å². The predicted molar refractivity (Wildman–Crippen MR) is 80.4 cm³/mol. The van der Waals surface area contributed by atoms with Crippen LogP contribution in [0, 0.1) is 5.92 Å². The Morgan fingerprint density at radius 1 is 1.33 bits per heavy atom. The zero-order valence-electron chi connectivity index (χ0n) is 11.2. The number of rotatable bonds is 4. The van der Waals surface area contributed by atoms with Gasteiger partial charge in [-0.05, 0) is 37.0 Å². The second-order valence-corrected chi connectivity index (χ2v) is 5.96. The molecule has 1 aromatic rings. The lowest BCUT2D eigenvalue weighted by Crippen LogP contribution is -2.31. The Morgan fingerprint density at radius 3 is 2.83 bits per heavy atom. The van der Waals surface area contributed by atoms with Crippen molar-refractivity contribution in [2.45, 2.75) is 45.1 Å². The summed E-state index contributed by atoms with van der Waals surface area (Å²) in [5.74, 6) is 1.72. The Hall–Kier alpha value is -0.700. The van der Waals surface area contributed by atoms with Crippen LogP contribution in [0.3, 0.4) is 0 Å². The number of nitrogens with one attached hydrogen (secondary N) is 1. The smallest absolute Gasteiger partial charge is 0.142 e. The second-order valence-electron chi connectivity index (χ2n) is 5.05. The van der Waals surface area contributed by atoms with Crippen LogP contribution in [0.1, 0.15) is 39.0 Å². The van der Waals surface area contributed by atoms with Crippen LogP contribution in [0.2, 0.25) is 0 Å². The molecule has 2 nitrogen and oxygen atoms in total. The van der Waals surface area contributed by atoms with E-state index in [1.54, 1.807) is 7.11 Å². The van der Waals surface area contributed by atoms with Gasteiger partial charge < -0.3 is 10.1 Å². The zero-order valence-corrected chi connectivity index (χ0v) is 12.8. The fourth-order valence-electron chi connectivity index (χ4n) is 2.88. The fourth-order valence-corrected chi connectivity index (χ4v) is 3.24. The molecule has 0 saturated heterocycles. The van der Waals surface area contributed by atoms with Gasteiger partial charge in [-0.25, -0.2) is 0 Å². The number of anilines is 1. The minimum atomic E-state index is 0.590. The van der Waals surface area contributed by atoms with Gasteiger partial charge in [0.1, 0.15) is 5.75 Å². The SMILES string of the molecule is CCC1CCCCC1Nc1cc(Br)ccc1OC. The topological polar surface area (TPSA) is 21.3 Å². The first kappa shape index (κ1) is 13.7. The molecule has 2 unspecified atom stereocenters. The first-order valence-corrected chi connectivity index (χ1v) is 7.64. The van der Waals surface area contributed by atoms with E-state index in [1.165, 1.54) is 32.1 Å². The van der Waals surface area contributed by atoms with Gasteiger partial charge in [-0.1, -0.05) is 42.1 Å².